The summed E-state index contributed by atoms with van der Waals surface area (Å²) in [5.74, 6) is 1.07. The Morgan fingerprint density at radius 1 is 1.22 bits per heavy atom. The highest BCUT2D eigenvalue weighted by Gasteiger charge is 2.10. The van der Waals surface area contributed by atoms with E-state index in [4.69, 9.17) is 4.74 Å². The summed E-state index contributed by atoms with van der Waals surface area (Å²) in [5.41, 5.74) is 2.55. The molecular formula is C18H19FN2O2. The first-order valence-electron chi connectivity index (χ1n) is 7.62. The Balaban J connectivity index is 1.67. The first-order chi connectivity index (χ1) is 11.2. The van der Waals surface area contributed by atoms with Crippen molar-refractivity contribution in [3.8, 4) is 5.75 Å². The number of imidazole rings is 1. The number of hydrogen-bond acceptors (Lipinski definition) is 3. The van der Waals surface area contributed by atoms with Crippen molar-refractivity contribution < 1.29 is 14.2 Å². The van der Waals surface area contributed by atoms with E-state index in [-0.39, 0.29) is 12.4 Å². The molecule has 120 valence electrons. The van der Waals surface area contributed by atoms with Gasteiger partial charge >= 0.3 is 0 Å². The van der Waals surface area contributed by atoms with Crippen molar-refractivity contribution in [2.75, 3.05) is 6.61 Å². The largest absolute Gasteiger partial charge is 0.494 e. The van der Waals surface area contributed by atoms with Crippen LogP contribution in [-0.2, 0) is 13.2 Å². The second-order valence-corrected chi connectivity index (χ2v) is 5.49. The molecule has 0 saturated carbocycles. The van der Waals surface area contributed by atoms with E-state index in [9.17, 15) is 9.50 Å². The van der Waals surface area contributed by atoms with Gasteiger partial charge in [0.15, 0.2) is 0 Å². The summed E-state index contributed by atoms with van der Waals surface area (Å²) in [5, 5.41) is 9.45. The third-order valence-corrected chi connectivity index (χ3v) is 3.72. The van der Waals surface area contributed by atoms with Gasteiger partial charge in [0.05, 0.1) is 17.6 Å². The van der Waals surface area contributed by atoms with Gasteiger partial charge in [-0.25, -0.2) is 9.37 Å². The maximum atomic E-state index is 13.3. The Hall–Kier alpha value is -2.40. The van der Waals surface area contributed by atoms with E-state index in [2.05, 4.69) is 4.98 Å². The lowest BCUT2D eigenvalue weighted by Crippen LogP contribution is -2.08. The molecule has 0 aliphatic heterocycles. The number of nitrogens with zero attached hydrogens (tertiary/aromatic N) is 2. The number of fused-ring (bicyclic) bond motifs is 1. The van der Waals surface area contributed by atoms with Crippen molar-refractivity contribution in [3.63, 3.8) is 0 Å². The molecular weight excluding hydrogens is 295 g/mol. The maximum absolute atomic E-state index is 13.3. The summed E-state index contributed by atoms with van der Waals surface area (Å²) in [6.07, 6.45) is 0.768. The molecule has 1 heterocycles. The molecule has 3 rings (SSSR count). The topological polar surface area (TPSA) is 47.3 Å². The molecule has 1 N–H and O–H groups in total. The van der Waals surface area contributed by atoms with E-state index in [0.29, 0.717) is 24.5 Å². The number of aliphatic hydroxyl groups is 1. The van der Waals surface area contributed by atoms with Crippen LogP contribution in [0.1, 0.15) is 17.8 Å². The molecule has 2 aromatic carbocycles. The number of rotatable bonds is 6. The van der Waals surface area contributed by atoms with Crippen molar-refractivity contribution in [2.24, 2.45) is 0 Å². The first-order valence-corrected chi connectivity index (χ1v) is 7.62. The fraction of sp³-hybridized carbons (Fsp3) is 0.278. The minimum Gasteiger partial charge on any atom is -0.494 e. The molecule has 5 heteroatoms. The molecule has 0 aliphatic rings. The number of halogens is 1. The Bertz CT molecular complexity index is 814. The molecule has 0 fully saturated rings. The molecule has 0 amide bonds. The van der Waals surface area contributed by atoms with Crippen LogP contribution in [0.5, 0.6) is 5.75 Å². The third kappa shape index (κ3) is 3.51. The number of hydrogen-bond donors (Lipinski definition) is 1. The molecule has 4 nitrogen and oxygen atoms in total. The van der Waals surface area contributed by atoms with Gasteiger partial charge in [-0.15, -0.1) is 0 Å². The smallest absolute Gasteiger partial charge is 0.135 e. The van der Waals surface area contributed by atoms with E-state index in [1.54, 1.807) is 6.07 Å². The van der Waals surface area contributed by atoms with Gasteiger partial charge in [-0.3, -0.25) is 0 Å². The highest BCUT2D eigenvalue weighted by Crippen LogP contribution is 2.18. The molecule has 3 aromatic rings. The zero-order chi connectivity index (χ0) is 16.2. The fourth-order valence-electron chi connectivity index (χ4n) is 2.64. The minimum atomic E-state index is -0.325. The molecule has 1 aromatic heterocycles. The second-order valence-electron chi connectivity index (χ2n) is 5.49. The summed E-state index contributed by atoms with van der Waals surface area (Å²) in [7, 11) is 0. The zero-order valence-corrected chi connectivity index (χ0v) is 13.0. The van der Waals surface area contributed by atoms with Crippen LogP contribution in [0.15, 0.2) is 42.5 Å². The van der Waals surface area contributed by atoms with Crippen molar-refractivity contribution in [3.05, 3.63) is 59.7 Å². The van der Waals surface area contributed by atoms with Gasteiger partial charge in [-0.1, -0.05) is 12.1 Å². The van der Waals surface area contributed by atoms with Gasteiger partial charge in [0.2, 0.25) is 0 Å². The Labute approximate surface area is 134 Å². The summed E-state index contributed by atoms with van der Waals surface area (Å²) in [6, 6.07) is 12.4. The summed E-state index contributed by atoms with van der Waals surface area (Å²) in [4.78, 5) is 4.27. The zero-order valence-electron chi connectivity index (χ0n) is 13.0. The van der Waals surface area contributed by atoms with Crippen LogP contribution in [-0.4, -0.2) is 21.3 Å². The second kappa shape index (κ2) is 6.79. The number of aliphatic hydroxyl groups excluding tert-OH is 1. The molecule has 0 aliphatic carbocycles. The van der Waals surface area contributed by atoms with E-state index in [1.807, 2.05) is 35.8 Å². The Kier molecular flexibility index (Phi) is 4.57. The predicted molar refractivity (Wildman–Crippen MR) is 86.9 cm³/mol. The number of aromatic nitrogens is 2. The van der Waals surface area contributed by atoms with E-state index in [0.717, 1.165) is 23.3 Å². The van der Waals surface area contributed by atoms with Crippen LogP contribution in [0.4, 0.5) is 4.39 Å². The molecule has 0 bridgehead atoms. The van der Waals surface area contributed by atoms with E-state index >= 15 is 0 Å². The minimum absolute atomic E-state index is 0.172. The lowest BCUT2D eigenvalue weighted by molar-refractivity contribution is 0.261. The molecule has 0 atom stereocenters. The monoisotopic (exact) mass is 314 g/mol. The van der Waals surface area contributed by atoms with Crippen LogP contribution in [0.3, 0.4) is 0 Å². The molecule has 0 spiro atoms. The van der Waals surface area contributed by atoms with Crippen LogP contribution in [0.25, 0.3) is 11.0 Å². The highest BCUT2D eigenvalue weighted by atomic mass is 19.1. The molecule has 0 unspecified atom stereocenters. The SMILES string of the molecule is Cc1cccc(OCCCn2c(CO)nc3cc(F)ccc32)c1. The van der Waals surface area contributed by atoms with E-state index < -0.39 is 0 Å². The van der Waals surface area contributed by atoms with Crippen LogP contribution >= 0.6 is 0 Å². The van der Waals surface area contributed by atoms with Crippen molar-refractivity contribution in [1.29, 1.82) is 0 Å². The number of aryl methyl sites for hydroxylation is 2. The standard InChI is InChI=1S/C18H19FN2O2/c1-13-4-2-5-15(10-13)23-9-3-8-21-17-7-6-14(19)11-16(17)20-18(21)12-22/h2,4-7,10-11,22H,3,8-9,12H2,1H3. The normalized spacial score (nSPS) is 11.1. The maximum Gasteiger partial charge on any atom is 0.135 e. The number of ether oxygens (including phenoxy) is 1. The van der Waals surface area contributed by atoms with Gasteiger partial charge < -0.3 is 14.4 Å². The summed E-state index contributed by atoms with van der Waals surface area (Å²) >= 11 is 0. The highest BCUT2D eigenvalue weighted by molar-refractivity contribution is 5.76. The predicted octanol–water partition coefficient (Wildman–Crippen LogP) is 3.45. The van der Waals surface area contributed by atoms with Gasteiger partial charge in [0, 0.05) is 12.6 Å². The Morgan fingerprint density at radius 3 is 2.87 bits per heavy atom. The first kappa shape index (κ1) is 15.5. The van der Waals surface area contributed by atoms with Crippen LogP contribution < -0.4 is 4.74 Å². The summed E-state index contributed by atoms with van der Waals surface area (Å²) < 4.78 is 20.9. The average Bonchev–Trinajstić information content (AvgIpc) is 2.88. The molecule has 0 radical (unpaired) electrons. The van der Waals surface area contributed by atoms with Crippen molar-refractivity contribution in [1.82, 2.24) is 9.55 Å². The summed E-state index contributed by atoms with van der Waals surface area (Å²) in [6.45, 7) is 3.07. The van der Waals surface area contributed by atoms with Crippen molar-refractivity contribution >= 4 is 11.0 Å². The fourth-order valence-corrected chi connectivity index (χ4v) is 2.64. The lowest BCUT2D eigenvalue weighted by Gasteiger charge is -2.10. The number of benzene rings is 2. The van der Waals surface area contributed by atoms with Crippen LogP contribution in [0, 0.1) is 12.7 Å². The quantitative estimate of drug-likeness (QED) is 0.709. The van der Waals surface area contributed by atoms with Gasteiger partial charge in [-0.2, -0.15) is 0 Å². The van der Waals surface area contributed by atoms with Gasteiger partial charge in [-0.05, 0) is 43.2 Å². The third-order valence-electron chi connectivity index (χ3n) is 3.72. The van der Waals surface area contributed by atoms with Gasteiger partial charge in [0.1, 0.15) is 24.0 Å². The van der Waals surface area contributed by atoms with Gasteiger partial charge in [0.25, 0.3) is 0 Å². The van der Waals surface area contributed by atoms with E-state index in [1.165, 1.54) is 12.1 Å². The average molecular weight is 314 g/mol. The Morgan fingerprint density at radius 2 is 2.09 bits per heavy atom. The molecule has 0 saturated heterocycles. The van der Waals surface area contributed by atoms with Crippen molar-refractivity contribution in [2.45, 2.75) is 26.5 Å². The lowest BCUT2D eigenvalue weighted by atomic mass is 10.2. The molecule has 23 heavy (non-hydrogen) atoms. The van der Waals surface area contributed by atoms with Crippen LogP contribution in [0.2, 0.25) is 0 Å².